The summed E-state index contributed by atoms with van der Waals surface area (Å²) < 4.78 is 15.5. The smallest absolute Gasteiger partial charge is 0.164 e. The first kappa shape index (κ1) is 13.1. The first-order chi connectivity index (χ1) is 9.63. The molecule has 2 aromatic heterocycles. The standard InChI is InChI=1S/C14H17FN4O/c1-19-8-10(6-17-19)14(9-4-11(20)5-9)18-13-2-3-16-7-12(13)15/h2-3,6-9,11,14,20H,4-5H2,1H3,(H,16,18)/t9?,11?,14-/m1/s1. The van der Waals surface area contributed by atoms with Crippen LogP contribution in [0.5, 0.6) is 0 Å². The molecular weight excluding hydrogens is 259 g/mol. The number of rotatable bonds is 4. The molecule has 3 rings (SSSR count). The predicted molar refractivity (Wildman–Crippen MR) is 72.5 cm³/mol. The molecule has 0 bridgehead atoms. The average Bonchev–Trinajstić information content (AvgIpc) is 2.81. The van der Waals surface area contributed by atoms with E-state index in [1.54, 1.807) is 23.1 Å². The van der Waals surface area contributed by atoms with Crippen molar-refractivity contribution < 1.29 is 9.50 Å². The van der Waals surface area contributed by atoms with E-state index < -0.39 is 0 Å². The fourth-order valence-corrected chi connectivity index (χ4v) is 2.64. The van der Waals surface area contributed by atoms with Crippen molar-refractivity contribution in [3.8, 4) is 0 Å². The summed E-state index contributed by atoms with van der Waals surface area (Å²) in [6.45, 7) is 0. The molecule has 0 radical (unpaired) electrons. The van der Waals surface area contributed by atoms with Gasteiger partial charge in [0.05, 0.1) is 30.2 Å². The van der Waals surface area contributed by atoms with Gasteiger partial charge in [0.2, 0.25) is 0 Å². The second-order valence-corrected chi connectivity index (χ2v) is 5.31. The van der Waals surface area contributed by atoms with E-state index in [-0.39, 0.29) is 23.9 Å². The molecule has 0 spiro atoms. The highest BCUT2D eigenvalue weighted by Crippen LogP contribution is 2.40. The summed E-state index contributed by atoms with van der Waals surface area (Å²) in [5.41, 5.74) is 1.43. The van der Waals surface area contributed by atoms with E-state index in [9.17, 15) is 9.50 Å². The Morgan fingerprint density at radius 1 is 1.45 bits per heavy atom. The van der Waals surface area contributed by atoms with Crippen molar-refractivity contribution in [2.24, 2.45) is 13.0 Å². The minimum absolute atomic E-state index is 0.0519. The Kier molecular flexibility index (Phi) is 3.40. The summed E-state index contributed by atoms with van der Waals surface area (Å²) in [5, 5.41) is 16.9. The summed E-state index contributed by atoms with van der Waals surface area (Å²) >= 11 is 0. The summed E-state index contributed by atoms with van der Waals surface area (Å²) in [6, 6.07) is 1.57. The topological polar surface area (TPSA) is 63.0 Å². The monoisotopic (exact) mass is 276 g/mol. The van der Waals surface area contributed by atoms with E-state index >= 15 is 0 Å². The highest BCUT2D eigenvalue weighted by molar-refractivity contribution is 5.45. The van der Waals surface area contributed by atoms with Crippen LogP contribution in [0.15, 0.2) is 30.9 Å². The third-order valence-corrected chi connectivity index (χ3v) is 3.79. The first-order valence-electron chi connectivity index (χ1n) is 6.66. The normalized spacial score (nSPS) is 23.1. The fourth-order valence-electron chi connectivity index (χ4n) is 2.64. The summed E-state index contributed by atoms with van der Waals surface area (Å²) in [5.74, 6) is -0.0944. The SMILES string of the molecule is Cn1cc([C@H](Nc2ccncc2F)C2CC(O)C2)cn1. The Morgan fingerprint density at radius 3 is 2.85 bits per heavy atom. The largest absolute Gasteiger partial charge is 0.393 e. The van der Waals surface area contributed by atoms with Crippen molar-refractivity contribution in [1.82, 2.24) is 14.8 Å². The maximum atomic E-state index is 13.7. The van der Waals surface area contributed by atoms with Crippen LogP contribution in [-0.2, 0) is 7.05 Å². The Labute approximate surface area is 116 Å². The molecule has 0 aromatic carbocycles. The number of aliphatic hydroxyl groups is 1. The molecule has 2 N–H and O–H groups in total. The van der Waals surface area contributed by atoms with Crippen LogP contribution >= 0.6 is 0 Å². The second kappa shape index (κ2) is 5.20. The van der Waals surface area contributed by atoms with Gasteiger partial charge < -0.3 is 10.4 Å². The van der Waals surface area contributed by atoms with Gasteiger partial charge in [-0.15, -0.1) is 0 Å². The molecule has 1 saturated carbocycles. The van der Waals surface area contributed by atoms with Crippen molar-refractivity contribution >= 4 is 5.69 Å². The zero-order valence-electron chi connectivity index (χ0n) is 11.2. The lowest BCUT2D eigenvalue weighted by molar-refractivity contribution is 0.0339. The number of hydrogen-bond acceptors (Lipinski definition) is 4. The van der Waals surface area contributed by atoms with Gasteiger partial charge in [-0.1, -0.05) is 0 Å². The van der Waals surface area contributed by atoms with Crippen molar-refractivity contribution in [3.05, 3.63) is 42.2 Å². The molecule has 106 valence electrons. The molecule has 20 heavy (non-hydrogen) atoms. The zero-order chi connectivity index (χ0) is 14.1. The molecule has 1 atom stereocenters. The first-order valence-corrected chi connectivity index (χ1v) is 6.66. The number of hydrogen-bond donors (Lipinski definition) is 2. The van der Waals surface area contributed by atoms with E-state index in [1.807, 2.05) is 13.2 Å². The van der Waals surface area contributed by atoms with Crippen LogP contribution < -0.4 is 5.32 Å². The zero-order valence-corrected chi connectivity index (χ0v) is 11.2. The molecule has 2 heterocycles. The van der Waals surface area contributed by atoms with Gasteiger partial charge in [0.15, 0.2) is 5.82 Å². The van der Waals surface area contributed by atoms with E-state index in [2.05, 4.69) is 15.4 Å². The van der Waals surface area contributed by atoms with Gasteiger partial charge in [0, 0.05) is 25.0 Å². The van der Waals surface area contributed by atoms with Crippen molar-refractivity contribution in [2.45, 2.75) is 25.0 Å². The maximum Gasteiger partial charge on any atom is 0.164 e. The Morgan fingerprint density at radius 2 is 2.25 bits per heavy atom. The lowest BCUT2D eigenvalue weighted by Crippen LogP contribution is -2.36. The van der Waals surface area contributed by atoms with E-state index in [4.69, 9.17) is 0 Å². The summed E-state index contributed by atoms with van der Waals surface area (Å²) in [6.07, 6.45) is 7.64. The van der Waals surface area contributed by atoms with Gasteiger partial charge >= 0.3 is 0 Å². The number of nitrogens with one attached hydrogen (secondary N) is 1. The molecule has 0 amide bonds. The summed E-state index contributed by atoms with van der Waals surface area (Å²) in [7, 11) is 1.85. The predicted octanol–water partition coefficient (Wildman–Crippen LogP) is 1.88. The minimum atomic E-state index is -0.374. The number of halogens is 1. The van der Waals surface area contributed by atoms with Crippen molar-refractivity contribution in [3.63, 3.8) is 0 Å². The van der Waals surface area contributed by atoms with Gasteiger partial charge in [0.25, 0.3) is 0 Å². The number of aliphatic hydroxyl groups excluding tert-OH is 1. The van der Waals surface area contributed by atoms with Crippen LogP contribution in [-0.4, -0.2) is 26.0 Å². The molecular formula is C14H17FN4O. The number of aryl methyl sites for hydroxylation is 1. The van der Waals surface area contributed by atoms with Crippen molar-refractivity contribution in [2.75, 3.05) is 5.32 Å². The highest BCUT2D eigenvalue weighted by atomic mass is 19.1. The number of nitrogens with zero attached hydrogens (tertiary/aromatic N) is 3. The average molecular weight is 276 g/mol. The third-order valence-electron chi connectivity index (χ3n) is 3.79. The lowest BCUT2D eigenvalue weighted by Gasteiger charge is -2.38. The van der Waals surface area contributed by atoms with Gasteiger partial charge in [0.1, 0.15) is 0 Å². The Bertz CT molecular complexity index is 594. The molecule has 1 aliphatic rings. The molecule has 1 aliphatic carbocycles. The molecule has 5 nitrogen and oxygen atoms in total. The van der Waals surface area contributed by atoms with Crippen LogP contribution in [0.25, 0.3) is 0 Å². The highest BCUT2D eigenvalue weighted by Gasteiger charge is 2.35. The quantitative estimate of drug-likeness (QED) is 0.895. The fraction of sp³-hybridized carbons (Fsp3) is 0.429. The molecule has 0 aliphatic heterocycles. The maximum absolute atomic E-state index is 13.7. The van der Waals surface area contributed by atoms with E-state index in [0.717, 1.165) is 18.4 Å². The van der Waals surface area contributed by atoms with Gasteiger partial charge in [-0.3, -0.25) is 9.67 Å². The van der Waals surface area contributed by atoms with Gasteiger partial charge in [-0.2, -0.15) is 5.10 Å². The van der Waals surface area contributed by atoms with E-state index in [0.29, 0.717) is 5.69 Å². The molecule has 1 fully saturated rings. The van der Waals surface area contributed by atoms with E-state index in [1.165, 1.54) is 6.20 Å². The van der Waals surface area contributed by atoms with Crippen LogP contribution in [0.4, 0.5) is 10.1 Å². The van der Waals surface area contributed by atoms with Gasteiger partial charge in [-0.05, 0) is 24.8 Å². The van der Waals surface area contributed by atoms with Crippen LogP contribution in [0.2, 0.25) is 0 Å². The number of pyridine rings is 1. The van der Waals surface area contributed by atoms with Crippen LogP contribution in [0.3, 0.4) is 0 Å². The third kappa shape index (κ3) is 2.51. The molecule has 6 heteroatoms. The Balaban J connectivity index is 1.84. The second-order valence-electron chi connectivity index (χ2n) is 5.31. The molecule has 0 unspecified atom stereocenters. The minimum Gasteiger partial charge on any atom is -0.393 e. The van der Waals surface area contributed by atoms with Gasteiger partial charge in [-0.25, -0.2) is 4.39 Å². The number of aromatic nitrogens is 3. The Hall–Kier alpha value is -1.95. The van der Waals surface area contributed by atoms with Crippen LogP contribution in [0.1, 0.15) is 24.4 Å². The molecule has 0 saturated heterocycles. The van der Waals surface area contributed by atoms with Crippen molar-refractivity contribution in [1.29, 1.82) is 0 Å². The lowest BCUT2D eigenvalue weighted by atomic mass is 9.75. The number of anilines is 1. The molecule has 2 aromatic rings. The summed E-state index contributed by atoms with van der Waals surface area (Å²) in [4.78, 5) is 3.75. The van der Waals surface area contributed by atoms with Crippen LogP contribution in [0, 0.1) is 11.7 Å².